The quantitative estimate of drug-likeness (QED) is 0.163. The Morgan fingerprint density at radius 2 is 0.587 bits per heavy atom. The van der Waals surface area contributed by atoms with E-state index in [1.165, 1.54) is 177 Å². The van der Waals surface area contributed by atoms with Gasteiger partial charge in [-0.05, 0) is 210 Å². The van der Waals surface area contributed by atoms with Gasteiger partial charge in [-0.3, -0.25) is 0 Å². The molecular weight excluding hydrogens is 1310 g/mol. The second kappa shape index (κ2) is 20.8. The topological polar surface area (TPSA) is 11.4 Å². The molecule has 3 nitrogen and oxygen atoms in total. The molecule has 18 aromatic rings. The highest BCUT2D eigenvalue weighted by molar-refractivity contribution is 7.00. The number of hydrogen-bond acceptors (Lipinski definition) is 2. The van der Waals surface area contributed by atoms with Crippen molar-refractivity contribution < 1.29 is 0 Å². The molecule has 0 radical (unpaired) electrons. The molecule has 0 N–H and O–H groups in total. The first-order chi connectivity index (χ1) is 54.1. The molecule has 0 amide bonds. The van der Waals surface area contributed by atoms with Gasteiger partial charge in [0.25, 0.3) is 6.71 Å². The van der Waals surface area contributed by atoms with Gasteiger partial charge in [-0.25, -0.2) is 0 Å². The number of rotatable bonds is 4. The molecule has 8 aliphatic rings. The lowest BCUT2D eigenvalue weighted by Crippen LogP contribution is -2.61. The average molecular weight is 1380 g/mol. The third-order valence-corrected chi connectivity index (χ3v) is 26.6. The summed E-state index contributed by atoms with van der Waals surface area (Å²) in [5.74, 6) is 0. The molecule has 0 bridgehead atoms. The minimum absolute atomic E-state index is 0.267. The summed E-state index contributed by atoms with van der Waals surface area (Å²) in [6.07, 6.45) is 0. The standard InChI is InChI=1S/C105H62BN3/c1-2-27-63(28-3-1)64-53-56-96-92(57-64)106-93-61-80-75-37-12-20-46-86(75)104(83-43-17-6-31-69(83)70-32-7-18-44-84(70)104)91(80)62-98(93)109(97-52-26-40-78-73-35-10-23-49-89(73)105(101(78)97)87-47-21-8-33-71(87)72-34-9-22-48-88(72)105)100-60-66(108-94-50-24-13-38-76(94)77-39-14-25-51-95(77)108)59-99(102(100)106)107(96)65-54-55-90-79(58-65)74-36-11-19-45-85(74)103(90)81-41-15-4-29-67(81)68-30-5-16-42-82(68)103/h1-62H. The summed E-state index contributed by atoms with van der Waals surface area (Å²) in [7, 11) is 0. The van der Waals surface area contributed by atoms with Gasteiger partial charge in [0.05, 0.1) is 38.7 Å². The molecule has 500 valence electrons. The lowest BCUT2D eigenvalue weighted by atomic mass is 9.33. The van der Waals surface area contributed by atoms with Crippen LogP contribution in [0.2, 0.25) is 0 Å². The van der Waals surface area contributed by atoms with Gasteiger partial charge in [0.15, 0.2) is 0 Å². The molecule has 1 aromatic heterocycles. The van der Waals surface area contributed by atoms with Crippen LogP contribution in [0, 0.1) is 0 Å². The van der Waals surface area contributed by atoms with E-state index >= 15 is 0 Å². The molecule has 0 saturated heterocycles. The van der Waals surface area contributed by atoms with Gasteiger partial charge in [-0.15, -0.1) is 0 Å². The molecule has 6 aliphatic carbocycles. The number of nitrogens with zero attached hydrogens (tertiary/aromatic N) is 3. The maximum Gasteiger partial charge on any atom is 0.252 e. The third-order valence-electron chi connectivity index (χ3n) is 26.6. The number of fused-ring (bicyclic) bond motifs is 37. The molecule has 4 heteroatoms. The Bertz CT molecular complexity index is 6960. The van der Waals surface area contributed by atoms with Crippen LogP contribution >= 0.6 is 0 Å². The van der Waals surface area contributed by atoms with E-state index in [0.717, 1.165) is 45.2 Å². The average Bonchev–Trinajstić information content (AvgIpc) is 1.59. The lowest BCUT2D eigenvalue weighted by molar-refractivity contribution is 0.790. The minimum atomic E-state index is -0.698. The van der Waals surface area contributed by atoms with E-state index in [-0.39, 0.29) is 6.71 Å². The molecule has 0 fully saturated rings. The van der Waals surface area contributed by atoms with Crippen LogP contribution in [0.1, 0.15) is 66.8 Å². The van der Waals surface area contributed by atoms with Gasteiger partial charge < -0.3 is 14.4 Å². The largest absolute Gasteiger partial charge is 0.311 e. The van der Waals surface area contributed by atoms with Crippen LogP contribution in [0.4, 0.5) is 34.1 Å². The number of benzene rings is 17. The highest BCUT2D eigenvalue weighted by atomic mass is 15.2. The smallest absolute Gasteiger partial charge is 0.252 e. The molecule has 0 unspecified atom stereocenters. The van der Waals surface area contributed by atoms with Crippen LogP contribution in [0.3, 0.4) is 0 Å². The fourth-order valence-electron chi connectivity index (χ4n) is 22.8. The first kappa shape index (κ1) is 58.5. The molecular formula is C105H62BN3. The van der Waals surface area contributed by atoms with E-state index in [9.17, 15) is 0 Å². The van der Waals surface area contributed by atoms with Crippen LogP contribution in [0.25, 0.3) is 105 Å². The molecule has 3 heterocycles. The summed E-state index contributed by atoms with van der Waals surface area (Å²) in [6, 6.07) is 146. The number of anilines is 6. The second-order valence-corrected chi connectivity index (χ2v) is 31.1. The molecule has 17 aromatic carbocycles. The zero-order valence-electron chi connectivity index (χ0n) is 59.2. The van der Waals surface area contributed by atoms with Crippen molar-refractivity contribution in [1.29, 1.82) is 0 Å². The van der Waals surface area contributed by atoms with Crippen molar-refractivity contribution in [2.75, 3.05) is 9.80 Å². The predicted molar refractivity (Wildman–Crippen MR) is 449 cm³/mol. The summed E-state index contributed by atoms with van der Waals surface area (Å²) < 4.78 is 2.57. The van der Waals surface area contributed by atoms with E-state index in [1.807, 2.05) is 0 Å². The van der Waals surface area contributed by atoms with E-state index < -0.39 is 16.2 Å². The van der Waals surface area contributed by atoms with E-state index in [1.54, 1.807) is 0 Å². The monoisotopic (exact) mass is 1380 g/mol. The SMILES string of the molecule is c1ccc(-c2ccc3c(c2)B2c4cc5c(cc4N(c4cccc6c4C4(c7ccccc7-c7ccccc74)c4ccccc4-6)c4cc(-n6c7ccccc7c7ccccc76)cc(c42)N3c2ccc3c(c2)-c2ccccc2C32c3ccccc3-c3ccccc32)C2(c3ccccc3-c3ccccc32)c2ccccc2-5)cc1. The van der Waals surface area contributed by atoms with E-state index in [0.29, 0.717) is 0 Å². The van der Waals surface area contributed by atoms with Gasteiger partial charge in [0.1, 0.15) is 0 Å². The molecule has 2 aliphatic heterocycles. The normalized spacial score (nSPS) is 15.0. The van der Waals surface area contributed by atoms with Crippen LogP contribution in [-0.2, 0) is 16.2 Å². The Balaban J connectivity index is 0.836. The lowest BCUT2D eigenvalue weighted by Gasteiger charge is -2.46. The van der Waals surface area contributed by atoms with Gasteiger partial charge in [-0.1, -0.05) is 322 Å². The molecule has 109 heavy (non-hydrogen) atoms. The summed E-state index contributed by atoms with van der Waals surface area (Å²) in [6.45, 7) is -0.267. The molecule has 0 atom stereocenters. The predicted octanol–water partition coefficient (Wildman–Crippen LogP) is 23.6. The van der Waals surface area contributed by atoms with Gasteiger partial charge in [0, 0.05) is 44.8 Å². The van der Waals surface area contributed by atoms with Gasteiger partial charge >= 0.3 is 0 Å². The van der Waals surface area contributed by atoms with Crippen molar-refractivity contribution >= 4 is 79.0 Å². The first-order valence-corrected chi connectivity index (χ1v) is 38.4. The highest BCUT2D eigenvalue weighted by Gasteiger charge is 2.58. The maximum absolute atomic E-state index is 2.81. The second-order valence-electron chi connectivity index (χ2n) is 31.1. The highest BCUT2D eigenvalue weighted by Crippen LogP contribution is 2.69. The van der Waals surface area contributed by atoms with Gasteiger partial charge in [-0.2, -0.15) is 0 Å². The number of aromatic nitrogens is 1. The Morgan fingerprint density at radius 3 is 1.09 bits per heavy atom. The van der Waals surface area contributed by atoms with Crippen LogP contribution in [0.5, 0.6) is 0 Å². The fourth-order valence-corrected chi connectivity index (χ4v) is 22.8. The van der Waals surface area contributed by atoms with Crippen LogP contribution in [-0.4, -0.2) is 11.3 Å². The minimum Gasteiger partial charge on any atom is -0.311 e. The van der Waals surface area contributed by atoms with Crippen molar-refractivity contribution in [3.8, 4) is 83.6 Å². The Kier molecular flexibility index (Phi) is 11.2. The summed E-state index contributed by atoms with van der Waals surface area (Å²) in [4.78, 5) is 5.49. The Morgan fingerprint density at radius 1 is 0.202 bits per heavy atom. The fraction of sp³-hybridized carbons (Fsp3) is 0.0286. The summed E-state index contributed by atoms with van der Waals surface area (Å²) in [5, 5.41) is 2.44. The number of para-hydroxylation sites is 2. The van der Waals surface area contributed by atoms with Crippen LogP contribution < -0.4 is 26.2 Å². The van der Waals surface area contributed by atoms with Crippen molar-refractivity contribution in [1.82, 2.24) is 4.57 Å². The van der Waals surface area contributed by atoms with Crippen molar-refractivity contribution in [2.24, 2.45) is 0 Å². The van der Waals surface area contributed by atoms with Crippen molar-refractivity contribution in [3.63, 3.8) is 0 Å². The molecule has 0 saturated carbocycles. The van der Waals surface area contributed by atoms with E-state index in [4.69, 9.17) is 0 Å². The van der Waals surface area contributed by atoms with Gasteiger partial charge in [0.2, 0.25) is 0 Å². The molecule has 3 spiro atoms. The van der Waals surface area contributed by atoms with Crippen LogP contribution in [0.15, 0.2) is 376 Å². The Hall–Kier alpha value is -13.8. The Labute approximate surface area is 631 Å². The zero-order chi connectivity index (χ0) is 70.7. The van der Waals surface area contributed by atoms with E-state index in [2.05, 4.69) is 390 Å². The summed E-state index contributed by atoms with van der Waals surface area (Å²) in [5.41, 5.74) is 45.8. The maximum atomic E-state index is 2.81. The molecule has 26 rings (SSSR count). The first-order valence-electron chi connectivity index (χ1n) is 38.4. The number of hydrogen-bond donors (Lipinski definition) is 0. The zero-order valence-corrected chi connectivity index (χ0v) is 59.2. The van der Waals surface area contributed by atoms with Crippen molar-refractivity contribution in [3.05, 3.63) is 443 Å². The third kappa shape index (κ3) is 6.96. The summed E-state index contributed by atoms with van der Waals surface area (Å²) >= 11 is 0. The van der Waals surface area contributed by atoms with Crippen molar-refractivity contribution in [2.45, 2.75) is 16.2 Å².